The minimum atomic E-state index is -0.977. The van der Waals surface area contributed by atoms with Crippen molar-refractivity contribution in [2.24, 2.45) is 5.41 Å². The van der Waals surface area contributed by atoms with E-state index >= 15 is 0 Å². The molecule has 1 fully saturated rings. The van der Waals surface area contributed by atoms with E-state index in [0.29, 0.717) is 32.5 Å². The van der Waals surface area contributed by atoms with Crippen LogP contribution in [0.5, 0.6) is 5.75 Å². The van der Waals surface area contributed by atoms with Gasteiger partial charge in [0, 0.05) is 31.7 Å². The number of aliphatic carboxylic acids is 1. The first-order chi connectivity index (χ1) is 18.9. The van der Waals surface area contributed by atoms with E-state index in [0.717, 1.165) is 81.7 Å². The Hall–Kier alpha value is -3.13. The number of aryl methyl sites for hydroxylation is 2. The average molecular weight is 537 g/mol. The number of nitrogens with one attached hydrogen (secondary N) is 2. The average Bonchev–Trinajstić information content (AvgIpc) is 2.92. The monoisotopic (exact) mass is 536 g/mol. The molecule has 0 spiro atoms. The maximum atomic E-state index is 12.6. The van der Waals surface area contributed by atoms with Crippen LogP contribution in [0.2, 0.25) is 0 Å². The second-order valence-electron chi connectivity index (χ2n) is 11.4. The minimum absolute atomic E-state index is 0.0247. The van der Waals surface area contributed by atoms with Crippen molar-refractivity contribution >= 4 is 17.7 Å². The molecule has 2 aromatic rings. The van der Waals surface area contributed by atoms with Crippen molar-refractivity contribution in [2.45, 2.75) is 77.2 Å². The van der Waals surface area contributed by atoms with Crippen LogP contribution in [0.15, 0.2) is 42.5 Å². The molecular weight excluding hydrogens is 492 g/mol. The molecule has 1 atom stereocenters. The number of carbonyl (C=O) groups excluding carboxylic acids is 1. The Bertz CT molecular complexity index is 1070. The Balaban J connectivity index is 1.26. The van der Waals surface area contributed by atoms with E-state index in [1.165, 1.54) is 5.56 Å². The van der Waals surface area contributed by atoms with Crippen molar-refractivity contribution in [3.05, 3.63) is 53.7 Å². The van der Waals surface area contributed by atoms with Crippen LogP contribution < -0.4 is 15.4 Å². The highest BCUT2D eigenvalue weighted by atomic mass is 16.5. The Kier molecular flexibility index (Phi) is 10.6. The number of unbranched alkanes of at least 4 members (excludes halogenated alkanes) is 1. The number of pyridine rings is 1. The van der Waals surface area contributed by atoms with E-state index in [9.17, 15) is 14.7 Å². The van der Waals surface area contributed by atoms with Crippen molar-refractivity contribution in [1.29, 1.82) is 0 Å². The molecule has 1 saturated carbocycles. The second-order valence-corrected chi connectivity index (χ2v) is 11.4. The maximum Gasteiger partial charge on any atom is 0.326 e. The molecule has 2 heterocycles. The van der Waals surface area contributed by atoms with Gasteiger partial charge in [0.2, 0.25) is 5.91 Å². The molecule has 212 valence electrons. The molecule has 1 amide bonds. The quantitative estimate of drug-likeness (QED) is 0.268. The number of ether oxygens (including phenoxy) is 1. The van der Waals surface area contributed by atoms with Crippen LogP contribution >= 0.6 is 0 Å². The number of rotatable bonds is 16. The first kappa shape index (κ1) is 28.9. The highest BCUT2D eigenvalue weighted by Gasteiger charge is 2.35. The Morgan fingerprint density at radius 3 is 2.67 bits per heavy atom. The molecule has 1 aliphatic carbocycles. The lowest BCUT2D eigenvalue weighted by atomic mass is 9.68. The molecule has 3 N–H and O–H groups in total. The number of anilines is 1. The summed E-state index contributed by atoms with van der Waals surface area (Å²) in [6.07, 6.45) is 9.10. The van der Waals surface area contributed by atoms with Crippen LogP contribution in [0.25, 0.3) is 0 Å². The number of nitrogens with zero attached hydrogens (tertiary/aromatic N) is 2. The summed E-state index contributed by atoms with van der Waals surface area (Å²) in [7, 11) is 0. The van der Waals surface area contributed by atoms with Gasteiger partial charge in [0.05, 0.1) is 0 Å². The zero-order valence-electron chi connectivity index (χ0n) is 23.3. The van der Waals surface area contributed by atoms with E-state index < -0.39 is 12.0 Å². The zero-order valence-corrected chi connectivity index (χ0v) is 23.3. The van der Waals surface area contributed by atoms with Crippen molar-refractivity contribution in [3.63, 3.8) is 0 Å². The molecule has 0 radical (unpaired) electrons. The van der Waals surface area contributed by atoms with E-state index in [2.05, 4.69) is 34.6 Å². The van der Waals surface area contributed by atoms with E-state index in [1.807, 2.05) is 30.3 Å². The molecule has 39 heavy (non-hydrogen) atoms. The van der Waals surface area contributed by atoms with Gasteiger partial charge in [0.15, 0.2) is 0 Å². The normalized spacial score (nSPS) is 16.5. The Labute approximate surface area is 232 Å². The number of fused-ring (bicyclic) bond motifs is 1. The number of amides is 1. The third-order valence-electron chi connectivity index (χ3n) is 8.04. The number of para-hydroxylation sites is 1. The number of hydrogen-bond acceptors (Lipinski definition) is 6. The fourth-order valence-electron chi connectivity index (χ4n) is 5.45. The van der Waals surface area contributed by atoms with Gasteiger partial charge in [-0.3, -0.25) is 9.69 Å². The van der Waals surface area contributed by atoms with E-state index in [4.69, 9.17) is 9.72 Å². The summed E-state index contributed by atoms with van der Waals surface area (Å²) in [5.41, 5.74) is 2.43. The third kappa shape index (κ3) is 9.24. The van der Waals surface area contributed by atoms with Crippen molar-refractivity contribution in [1.82, 2.24) is 15.2 Å². The SMILES string of the molecule is CC1(CC(=O)N[C@@H](CCN(CCCCc2ccc3c(n2)NCCC3)CCOc2ccccc2)C(=O)O)CCC1. The number of carboxylic acids is 1. The summed E-state index contributed by atoms with van der Waals surface area (Å²) in [6.45, 7) is 5.71. The molecule has 0 bridgehead atoms. The fourth-order valence-corrected chi connectivity index (χ4v) is 5.45. The third-order valence-corrected chi connectivity index (χ3v) is 8.04. The minimum Gasteiger partial charge on any atom is -0.492 e. The van der Waals surface area contributed by atoms with Crippen molar-refractivity contribution < 1.29 is 19.4 Å². The summed E-state index contributed by atoms with van der Waals surface area (Å²) in [6, 6.07) is 13.2. The summed E-state index contributed by atoms with van der Waals surface area (Å²) in [5.74, 6) is 0.724. The largest absolute Gasteiger partial charge is 0.492 e. The fraction of sp³-hybridized carbons (Fsp3) is 0.581. The Morgan fingerprint density at radius 2 is 1.92 bits per heavy atom. The number of benzene rings is 1. The van der Waals surface area contributed by atoms with E-state index in [1.54, 1.807) is 0 Å². The summed E-state index contributed by atoms with van der Waals surface area (Å²) in [4.78, 5) is 31.6. The molecule has 1 aliphatic heterocycles. The summed E-state index contributed by atoms with van der Waals surface area (Å²) < 4.78 is 5.91. The Morgan fingerprint density at radius 1 is 1.10 bits per heavy atom. The molecule has 1 aromatic carbocycles. The van der Waals surface area contributed by atoms with E-state index in [-0.39, 0.29) is 11.3 Å². The van der Waals surface area contributed by atoms with Gasteiger partial charge in [-0.2, -0.15) is 0 Å². The highest BCUT2D eigenvalue weighted by Crippen LogP contribution is 2.43. The van der Waals surface area contributed by atoms with Crippen molar-refractivity contribution in [2.75, 3.05) is 38.1 Å². The first-order valence-electron chi connectivity index (χ1n) is 14.6. The first-order valence-corrected chi connectivity index (χ1v) is 14.6. The number of hydrogen-bond donors (Lipinski definition) is 3. The molecular formula is C31H44N4O4. The van der Waals surface area contributed by atoms with Gasteiger partial charge in [0.25, 0.3) is 0 Å². The number of aromatic nitrogens is 1. The summed E-state index contributed by atoms with van der Waals surface area (Å²) >= 11 is 0. The van der Waals surface area contributed by atoms with Gasteiger partial charge >= 0.3 is 5.97 Å². The van der Waals surface area contributed by atoms with Crippen LogP contribution in [-0.2, 0) is 22.4 Å². The zero-order chi connectivity index (χ0) is 27.5. The maximum absolute atomic E-state index is 12.6. The highest BCUT2D eigenvalue weighted by molar-refractivity contribution is 5.83. The molecule has 0 saturated heterocycles. The van der Waals surface area contributed by atoms with Crippen LogP contribution in [0, 0.1) is 5.41 Å². The molecule has 4 rings (SSSR count). The van der Waals surface area contributed by atoms with Gasteiger partial charge in [0.1, 0.15) is 24.2 Å². The van der Waals surface area contributed by atoms with Gasteiger partial charge in [-0.05, 0) is 87.1 Å². The summed E-state index contributed by atoms with van der Waals surface area (Å²) in [5, 5.41) is 16.0. The lowest BCUT2D eigenvalue weighted by Gasteiger charge is -2.38. The second kappa shape index (κ2) is 14.3. The standard InChI is InChI=1S/C31H44N4O4/c1-31(16-8-17-31)23-28(36)34-27(30(37)38)15-20-35(21-22-39-26-11-3-2-4-12-26)19-6-5-10-25-14-13-24-9-7-18-32-29(24)33-25/h2-4,11-14,27H,5-10,15-23H2,1H3,(H,32,33)(H,34,36)(H,37,38)/t27-/m0/s1. The van der Waals surface area contributed by atoms with Crippen molar-refractivity contribution in [3.8, 4) is 5.75 Å². The predicted molar refractivity (Wildman–Crippen MR) is 153 cm³/mol. The number of carboxylic acid groups (broad SMARTS) is 1. The van der Waals surface area contributed by atoms with Crippen LogP contribution in [0.4, 0.5) is 5.82 Å². The smallest absolute Gasteiger partial charge is 0.326 e. The predicted octanol–water partition coefficient (Wildman–Crippen LogP) is 4.68. The lowest BCUT2D eigenvalue weighted by molar-refractivity contribution is -0.142. The van der Waals surface area contributed by atoms with Crippen LogP contribution in [0.3, 0.4) is 0 Å². The molecule has 0 unspecified atom stereocenters. The molecule has 8 heteroatoms. The topological polar surface area (TPSA) is 104 Å². The van der Waals surface area contributed by atoms with Gasteiger partial charge in [-0.15, -0.1) is 0 Å². The molecule has 1 aromatic heterocycles. The van der Waals surface area contributed by atoms with Crippen LogP contribution in [0.1, 0.15) is 69.5 Å². The van der Waals surface area contributed by atoms with Gasteiger partial charge < -0.3 is 20.5 Å². The van der Waals surface area contributed by atoms with Crippen LogP contribution in [-0.4, -0.2) is 65.7 Å². The molecule has 2 aliphatic rings. The number of carbonyl (C=O) groups is 2. The lowest BCUT2D eigenvalue weighted by Crippen LogP contribution is -2.45. The van der Waals surface area contributed by atoms with Gasteiger partial charge in [-0.1, -0.05) is 37.6 Å². The van der Waals surface area contributed by atoms with Gasteiger partial charge in [-0.25, -0.2) is 9.78 Å². The molecule has 8 nitrogen and oxygen atoms in total.